The van der Waals surface area contributed by atoms with Gasteiger partial charge in [0.1, 0.15) is 11.5 Å². The van der Waals surface area contributed by atoms with Crippen LogP contribution in [0.2, 0.25) is 0 Å². The summed E-state index contributed by atoms with van der Waals surface area (Å²) < 4.78 is 5.13. The van der Waals surface area contributed by atoms with Crippen LogP contribution < -0.4 is 0 Å². The number of carbonyl (C=O) groups is 1. The number of likely N-dealkylation sites (tertiary alicyclic amines) is 1. The van der Waals surface area contributed by atoms with Crippen molar-refractivity contribution in [2.45, 2.75) is 26.2 Å². The van der Waals surface area contributed by atoms with Crippen LogP contribution >= 0.6 is 0 Å². The summed E-state index contributed by atoms with van der Waals surface area (Å²) in [6.45, 7) is 5.66. The number of aromatic nitrogens is 1. The number of rotatable bonds is 4. The molecular weight excluding hydrogens is 204 g/mol. The summed E-state index contributed by atoms with van der Waals surface area (Å²) in [6, 6.07) is 1.75. The van der Waals surface area contributed by atoms with Crippen molar-refractivity contribution in [1.82, 2.24) is 10.1 Å². The molecule has 1 unspecified atom stereocenters. The molecule has 1 aliphatic heterocycles. The summed E-state index contributed by atoms with van der Waals surface area (Å²) in [5, 5.41) is 3.68. The molecule has 0 spiro atoms. The average molecular weight is 222 g/mol. The zero-order valence-electron chi connectivity index (χ0n) is 9.69. The maximum Gasteiger partial charge on any atom is 0.171 e. The molecule has 4 nitrogen and oxygen atoms in total. The van der Waals surface area contributed by atoms with Crippen molar-refractivity contribution >= 4 is 6.29 Å². The van der Waals surface area contributed by atoms with E-state index < -0.39 is 0 Å². The maximum absolute atomic E-state index is 10.5. The summed E-state index contributed by atoms with van der Waals surface area (Å²) in [7, 11) is 0. The van der Waals surface area contributed by atoms with E-state index >= 15 is 0 Å². The Morgan fingerprint density at radius 3 is 3.25 bits per heavy atom. The molecule has 1 aromatic rings. The number of carbonyl (C=O) groups excluding carboxylic acids is 1. The van der Waals surface area contributed by atoms with Crippen molar-refractivity contribution in [2.75, 3.05) is 19.6 Å². The highest BCUT2D eigenvalue weighted by Gasteiger charge is 2.20. The van der Waals surface area contributed by atoms with Crippen LogP contribution in [0.15, 0.2) is 10.6 Å². The number of piperidine rings is 1. The fraction of sp³-hybridized carbons (Fsp3) is 0.667. The van der Waals surface area contributed by atoms with Crippen LogP contribution in [0.5, 0.6) is 0 Å². The molecule has 2 heterocycles. The molecule has 1 saturated heterocycles. The topological polar surface area (TPSA) is 46.3 Å². The lowest BCUT2D eigenvalue weighted by Crippen LogP contribution is -2.35. The van der Waals surface area contributed by atoms with Gasteiger partial charge in [-0.2, -0.15) is 0 Å². The van der Waals surface area contributed by atoms with Gasteiger partial charge in [0.25, 0.3) is 0 Å². The van der Waals surface area contributed by atoms with Crippen molar-refractivity contribution in [1.29, 1.82) is 0 Å². The molecule has 0 amide bonds. The van der Waals surface area contributed by atoms with Gasteiger partial charge in [-0.05, 0) is 31.8 Å². The molecule has 1 aliphatic rings. The molecule has 2 rings (SSSR count). The summed E-state index contributed by atoms with van der Waals surface area (Å²) in [6.07, 6.45) is 4.13. The van der Waals surface area contributed by atoms with E-state index in [2.05, 4.69) is 17.0 Å². The first-order valence-corrected chi connectivity index (χ1v) is 5.95. The Hall–Kier alpha value is -1.16. The summed E-state index contributed by atoms with van der Waals surface area (Å²) >= 11 is 0. The van der Waals surface area contributed by atoms with E-state index in [0.29, 0.717) is 11.6 Å². The fourth-order valence-electron chi connectivity index (χ4n) is 2.37. The third kappa shape index (κ3) is 2.70. The maximum atomic E-state index is 10.5. The Balaban J connectivity index is 1.91. The molecule has 1 atom stereocenters. The summed E-state index contributed by atoms with van der Waals surface area (Å²) in [5.74, 6) is 1.48. The normalized spacial score (nSPS) is 22.2. The molecule has 0 aliphatic carbocycles. The van der Waals surface area contributed by atoms with Crippen molar-refractivity contribution in [2.24, 2.45) is 5.92 Å². The van der Waals surface area contributed by atoms with Gasteiger partial charge in [-0.15, -0.1) is 0 Å². The average Bonchev–Trinajstić information content (AvgIpc) is 2.77. The third-order valence-electron chi connectivity index (χ3n) is 3.24. The van der Waals surface area contributed by atoms with E-state index in [1.807, 2.05) is 0 Å². The predicted molar refractivity (Wildman–Crippen MR) is 60.4 cm³/mol. The zero-order valence-corrected chi connectivity index (χ0v) is 9.69. The van der Waals surface area contributed by atoms with Crippen LogP contribution in [0.4, 0.5) is 0 Å². The van der Waals surface area contributed by atoms with E-state index in [9.17, 15) is 4.79 Å². The van der Waals surface area contributed by atoms with Crippen molar-refractivity contribution in [3.63, 3.8) is 0 Å². The van der Waals surface area contributed by atoms with Gasteiger partial charge in [-0.3, -0.25) is 4.79 Å². The molecule has 0 aromatic carbocycles. The van der Waals surface area contributed by atoms with Crippen molar-refractivity contribution < 1.29 is 9.32 Å². The number of hydrogen-bond acceptors (Lipinski definition) is 4. The molecule has 0 N–H and O–H groups in total. The van der Waals surface area contributed by atoms with Crippen LogP contribution in [0, 0.1) is 5.92 Å². The number of aldehydes is 1. The van der Waals surface area contributed by atoms with Crippen molar-refractivity contribution in [3.05, 3.63) is 17.5 Å². The van der Waals surface area contributed by atoms with Gasteiger partial charge in [0.2, 0.25) is 0 Å². The second-order valence-electron chi connectivity index (χ2n) is 4.44. The Bertz CT molecular complexity index is 349. The van der Waals surface area contributed by atoms with Gasteiger partial charge in [0, 0.05) is 19.0 Å². The monoisotopic (exact) mass is 222 g/mol. The van der Waals surface area contributed by atoms with Crippen LogP contribution in [0.1, 0.15) is 36.0 Å². The van der Waals surface area contributed by atoms with E-state index in [4.69, 9.17) is 4.52 Å². The minimum atomic E-state index is 0.401. The molecule has 4 heteroatoms. The van der Waals surface area contributed by atoms with Crippen LogP contribution in [-0.2, 0) is 6.42 Å². The summed E-state index contributed by atoms with van der Waals surface area (Å²) in [4.78, 5) is 12.9. The zero-order chi connectivity index (χ0) is 11.4. The number of nitrogens with zero attached hydrogens (tertiary/aromatic N) is 2. The van der Waals surface area contributed by atoms with E-state index in [-0.39, 0.29) is 0 Å². The Labute approximate surface area is 95.6 Å². The predicted octanol–water partition coefficient (Wildman–Crippen LogP) is 1.76. The van der Waals surface area contributed by atoms with Gasteiger partial charge in [0.05, 0.1) is 0 Å². The van der Waals surface area contributed by atoms with Gasteiger partial charge < -0.3 is 9.42 Å². The third-order valence-corrected chi connectivity index (χ3v) is 3.24. The first kappa shape index (κ1) is 11.3. The van der Waals surface area contributed by atoms with Crippen LogP contribution in [-0.4, -0.2) is 36.0 Å². The van der Waals surface area contributed by atoms with Crippen LogP contribution in [0.25, 0.3) is 0 Å². The fourth-order valence-corrected chi connectivity index (χ4v) is 2.37. The van der Waals surface area contributed by atoms with E-state index in [1.54, 1.807) is 6.07 Å². The second-order valence-corrected chi connectivity index (χ2v) is 4.44. The number of hydrogen-bond donors (Lipinski definition) is 0. The van der Waals surface area contributed by atoms with Gasteiger partial charge >= 0.3 is 0 Å². The lowest BCUT2D eigenvalue weighted by Gasteiger charge is -2.31. The Morgan fingerprint density at radius 2 is 2.56 bits per heavy atom. The largest absolute Gasteiger partial charge is 0.361 e. The lowest BCUT2D eigenvalue weighted by atomic mass is 9.94. The highest BCUT2D eigenvalue weighted by atomic mass is 16.5. The van der Waals surface area contributed by atoms with Crippen LogP contribution in [0.3, 0.4) is 0 Å². The quantitative estimate of drug-likeness (QED) is 0.728. The molecule has 88 valence electrons. The highest BCUT2D eigenvalue weighted by Crippen LogP contribution is 2.20. The molecular formula is C12H18N2O2. The minimum absolute atomic E-state index is 0.401. The molecule has 0 bridgehead atoms. The van der Waals surface area contributed by atoms with E-state index in [1.165, 1.54) is 19.4 Å². The first-order chi connectivity index (χ1) is 7.81. The molecule has 0 saturated carbocycles. The second kappa shape index (κ2) is 5.25. The molecule has 0 radical (unpaired) electrons. The Kier molecular flexibility index (Phi) is 3.72. The van der Waals surface area contributed by atoms with Gasteiger partial charge in [-0.1, -0.05) is 12.1 Å². The van der Waals surface area contributed by atoms with Gasteiger partial charge in [0.15, 0.2) is 6.29 Å². The molecule has 1 aromatic heterocycles. The molecule has 1 fully saturated rings. The highest BCUT2D eigenvalue weighted by molar-refractivity contribution is 5.71. The minimum Gasteiger partial charge on any atom is -0.361 e. The van der Waals surface area contributed by atoms with Crippen molar-refractivity contribution in [3.8, 4) is 0 Å². The van der Waals surface area contributed by atoms with Gasteiger partial charge in [-0.25, -0.2) is 0 Å². The molecule has 16 heavy (non-hydrogen) atoms. The lowest BCUT2D eigenvalue weighted by molar-refractivity contribution is 0.111. The smallest absolute Gasteiger partial charge is 0.171 e. The Morgan fingerprint density at radius 1 is 1.69 bits per heavy atom. The first-order valence-electron chi connectivity index (χ1n) is 5.95. The van der Waals surface area contributed by atoms with E-state index in [0.717, 1.165) is 31.6 Å². The summed E-state index contributed by atoms with van der Waals surface area (Å²) in [5.41, 5.74) is 0.401. The standard InChI is InChI=1S/C12H18N2O2/c1-2-14-5-3-4-10(8-14)6-12-7-11(9-15)13-16-12/h7,9-10H,2-6,8H2,1H3. The SMILES string of the molecule is CCN1CCCC(Cc2cc(C=O)no2)C1.